The van der Waals surface area contributed by atoms with Crippen LogP contribution >= 0.6 is 11.3 Å². The zero-order valence-electron chi connectivity index (χ0n) is 17.9. The second-order valence-electron chi connectivity index (χ2n) is 5.98. The number of carbonyl (C=O) groups excluding carboxylic acids is 1. The molecule has 18 heteroatoms. The summed E-state index contributed by atoms with van der Waals surface area (Å²) >= 11 is 1.34. The molecule has 0 fully saturated rings. The molecule has 34 heavy (non-hydrogen) atoms. The molecule has 2 heterocycles. The van der Waals surface area contributed by atoms with Gasteiger partial charge < -0.3 is 32.2 Å². The lowest BCUT2D eigenvalue weighted by Gasteiger charge is -2.08. The summed E-state index contributed by atoms with van der Waals surface area (Å²) in [4.78, 5) is 23.7. The van der Waals surface area contributed by atoms with Crippen molar-refractivity contribution in [3.05, 3.63) is 36.3 Å². The molecule has 15 nitrogen and oxygen atoms in total. The van der Waals surface area contributed by atoms with Gasteiger partial charge in [0.15, 0.2) is 15.0 Å². The number of nitrogens with one attached hydrogen (secondary N) is 2. The normalized spacial score (nSPS) is 10.1. The number of benzene rings is 1. The van der Waals surface area contributed by atoms with Crippen molar-refractivity contribution in [2.45, 2.75) is 18.7 Å². The van der Waals surface area contributed by atoms with E-state index in [0.717, 1.165) is 16.1 Å². The monoisotopic (exact) mass is 546 g/mol. The van der Waals surface area contributed by atoms with Crippen LogP contribution < -0.4 is 5.32 Å². The summed E-state index contributed by atoms with van der Waals surface area (Å²) in [5, 5.41) is 3.17. The number of aromatic nitrogens is 3. The molecule has 0 saturated heterocycles. The minimum atomic E-state index is -4.67. The van der Waals surface area contributed by atoms with Gasteiger partial charge in [-0.15, -0.1) is 0 Å². The number of rotatable bonds is 4. The number of amides is 1. The Morgan fingerprint density at radius 1 is 1.09 bits per heavy atom. The van der Waals surface area contributed by atoms with Gasteiger partial charge in [0, 0.05) is 31.1 Å². The Balaban J connectivity index is -0.000000973. The predicted molar refractivity (Wildman–Crippen MR) is 126 cm³/mol. The lowest BCUT2D eigenvalue weighted by atomic mass is 10.1. The molecule has 0 unspecified atom stereocenters. The molecule has 0 aliphatic rings. The lowest BCUT2D eigenvalue weighted by Crippen LogP contribution is -2.04. The molecular formula is C16H26N4O11S3. The predicted octanol–water partition coefficient (Wildman–Crippen LogP) is -1.08. The fourth-order valence-corrected chi connectivity index (χ4v) is 4.34. The third kappa shape index (κ3) is 10.4. The highest BCUT2D eigenvalue weighted by atomic mass is 32.3. The highest BCUT2D eigenvalue weighted by molar-refractivity contribution is 7.90. The summed E-state index contributed by atoms with van der Waals surface area (Å²) in [6.07, 6.45) is 4.38. The number of carbonyl (C=O) groups is 1. The quantitative estimate of drug-likeness (QED) is 0.289. The molecule has 0 bridgehead atoms. The molecule has 0 saturated carbocycles. The van der Waals surface area contributed by atoms with Gasteiger partial charge >= 0.3 is 10.4 Å². The average molecular weight is 547 g/mol. The Morgan fingerprint density at radius 2 is 1.65 bits per heavy atom. The van der Waals surface area contributed by atoms with Gasteiger partial charge in [0.05, 0.1) is 15.5 Å². The molecule has 0 aliphatic carbocycles. The first-order valence-electron chi connectivity index (χ1n) is 8.05. The van der Waals surface area contributed by atoms with Crippen LogP contribution in [0.5, 0.6) is 0 Å². The molecule has 0 spiro atoms. The second kappa shape index (κ2) is 13.8. The van der Waals surface area contributed by atoms with Crippen LogP contribution in [0.15, 0.2) is 35.5 Å². The molecule has 12 N–H and O–H groups in total. The summed E-state index contributed by atoms with van der Waals surface area (Å²) < 4.78 is 55.8. The Bertz CT molecular complexity index is 1260. The second-order valence-corrected chi connectivity index (χ2v) is 9.86. The van der Waals surface area contributed by atoms with Crippen LogP contribution in [0.3, 0.4) is 0 Å². The highest BCUT2D eigenvalue weighted by Crippen LogP contribution is 2.36. The SMILES string of the molecule is CC(=O)Nc1nc(C)c(-c2ccc(S(C)(=O)=O)c(-c3ncc[nH]3)c2)s1.O.O.O.O.O=S(=O)(O)O. The molecule has 0 radical (unpaired) electrons. The number of aromatic amines is 1. The van der Waals surface area contributed by atoms with Gasteiger partial charge in [0.2, 0.25) is 5.91 Å². The van der Waals surface area contributed by atoms with Crippen LogP contribution in [-0.4, -0.2) is 75.0 Å². The third-order valence-electron chi connectivity index (χ3n) is 3.47. The molecule has 1 aromatic carbocycles. The minimum absolute atomic E-state index is 0. The largest absolute Gasteiger partial charge is 0.412 e. The number of hydrogen-bond donors (Lipinski definition) is 4. The van der Waals surface area contributed by atoms with Crippen LogP contribution in [0.4, 0.5) is 5.13 Å². The van der Waals surface area contributed by atoms with Crippen LogP contribution in [0.25, 0.3) is 21.8 Å². The van der Waals surface area contributed by atoms with Crippen molar-refractivity contribution in [2.24, 2.45) is 0 Å². The van der Waals surface area contributed by atoms with Gasteiger partial charge in [0.1, 0.15) is 5.82 Å². The maximum atomic E-state index is 12.1. The number of thiazole rings is 1. The van der Waals surface area contributed by atoms with E-state index in [1.807, 2.05) is 6.92 Å². The van der Waals surface area contributed by atoms with E-state index in [2.05, 4.69) is 20.3 Å². The van der Waals surface area contributed by atoms with Crippen LogP contribution in [0.1, 0.15) is 12.6 Å². The molecule has 1 amide bonds. The van der Waals surface area contributed by atoms with E-state index in [1.54, 1.807) is 30.6 Å². The zero-order valence-corrected chi connectivity index (χ0v) is 20.4. The Kier molecular flexibility index (Phi) is 14.5. The van der Waals surface area contributed by atoms with Gasteiger partial charge in [-0.3, -0.25) is 13.9 Å². The lowest BCUT2D eigenvalue weighted by molar-refractivity contribution is -0.114. The van der Waals surface area contributed by atoms with Gasteiger partial charge in [-0.2, -0.15) is 8.42 Å². The third-order valence-corrected chi connectivity index (χ3v) is 5.75. The summed E-state index contributed by atoms with van der Waals surface area (Å²) in [5.41, 5.74) is 2.07. The molecule has 194 valence electrons. The van der Waals surface area contributed by atoms with Crippen molar-refractivity contribution in [3.8, 4) is 21.8 Å². The van der Waals surface area contributed by atoms with E-state index in [1.165, 1.54) is 24.5 Å². The Labute approximate surface area is 198 Å². The first kappa shape index (κ1) is 35.8. The summed E-state index contributed by atoms with van der Waals surface area (Å²) in [7, 11) is -8.08. The van der Waals surface area contributed by atoms with Gasteiger partial charge in [-0.05, 0) is 24.6 Å². The van der Waals surface area contributed by atoms with Gasteiger partial charge in [-0.25, -0.2) is 18.4 Å². The number of H-pyrrole nitrogens is 1. The maximum absolute atomic E-state index is 12.1. The fourth-order valence-electron chi connectivity index (χ4n) is 2.46. The Morgan fingerprint density at radius 3 is 2.09 bits per heavy atom. The van der Waals surface area contributed by atoms with Crippen molar-refractivity contribution in [1.82, 2.24) is 15.0 Å². The summed E-state index contributed by atoms with van der Waals surface area (Å²) in [6.45, 7) is 3.26. The smallest absolute Gasteiger partial charge is 0.394 e. The van der Waals surface area contributed by atoms with E-state index in [0.29, 0.717) is 16.5 Å². The van der Waals surface area contributed by atoms with E-state index < -0.39 is 20.2 Å². The number of imidazole rings is 1. The topological polar surface area (TPSA) is 305 Å². The van der Waals surface area contributed by atoms with Crippen LogP contribution in [0, 0.1) is 6.92 Å². The number of anilines is 1. The minimum Gasteiger partial charge on any atom is -0.412 e. The molecule has 3 rings (SSSR count). The zero-order chi connectivity index (χ0) is 22.7. The molecule has 0 aliphatic heterocycles. The molecule has 0 atom stereocenters. The first-order chi connectivity index (χ1) is 13.8. The molecule has 2 aromatic heterocycles. The standard InChI is InChI=1S/C16H16N4O3S2.H2O4S.4H2O/c1-9-14(24-16(19-9)20-10(2)21)11-4-5-13(25(3,22)23)12(8-11)15-17-6-7-18-15;1-5(2,3)4;;;;/h4-8H,1-3H3,(H,17,18)(H,19,20,21);(H2,1,2,3,4);4*1H2. The fraction of sp³-hybridized carbons (Fsp3) is 0.188. The van der Waals surface area contributed by atoms with Crippen molar-refractivity contribution < 1.29 is 52.6 Å². The Hall–Kier alpha value is -2.81. The number of aryl methyl sites for hydroxylation is 1. The molecule has 3 aromatic rings. The number of sulfone groups is 1. The average Bonchev–Trinajstić information content (AvgIpc) is 3.21. The van der Waals surface area contributed by atoms with Crippen molar-refractivity contribution >= 4 is 42.6 Å². The van der Waals surface area contributed by atoms with E-state index in [4.69, 9.17) is 17.5 Å². The number of nitrogens with zero attached hydrogens (tertiary/aromatic N) is 2. The van der Waals surface area contributed by atoms with E-state index in [-0.39, 0.29) is 32.7 Å². The van der Waals surface area contributed by atoms with Crippen molar-refractivity contribution in [3.63, 3.8) is 0 Å². The van der Waals surface area contributed by atoms with Gasteiger partial charge in [0.25, 0.3) is 0 Å². The summed E-state index contributed by atoms with van der Waals surface area (Å²) in [5.74, 6) is 0.288. The van der Waals surface area contributed by atoms with E-state index in [9.17, 15) is 13.2 Å². The van der Waals surface area contributed by atoms with Crippen molar-refractivity contribution in [2.75, 3.05) is 11.6 Å². The number of hydrogen-bond acceptors (Lipinski definition) is 8. The molecular weight excluding hydrogens is 520 g/mol. The first-order valence-corrected chi connectivity index (χ1v) is 12.2. The highest BCUT2D eigenvalue weighted by Gasteiger charge is 2.19. The maximum Gasteiger partial charge on any atom is 0.394 e. The van der Waals surface area contributed by atoms with Crippen molar-refractivity contribution in [1.29, 1.82) is 0 Å². The van der Waals surface area contributed by atoms with Gasteiger partial charge in [-0.1, -0.05) is 17.4 Å². The van der Waals surface area contributed by atoms with E-state index >= 15 is 0 Å². The van der Waals surface area contributed by atoms with Crippen LogP contribution in [-0.2, 0) is 25.0 Å². The summed E-state index contributed by atoms with van der Waals surface area (Å²) in [6, 6.07) is 5.08. The van der Waals surface area contributed by atoms with Crippen LogP contribution in [0.2, 0.25) is 0 Å².